The second kappa shape index (κ2) is 7.46. The Labute approximate surface area is 177 Å². The van der Waals surface area contributed by atoms with Gasteiger partial charge in [0.05, 0.1) is 5.75 Å². The number of aromatic nitrogens is 3. The summed E-state index contributed by atoms with van der Waals surface area (Å²) in [6, 6.07) is 8.35. The molecule has 4 saturated carbocycles. The first-order valence-corrected chi connectivity index (χ1v) is 12.0. The van der Waals surface area contributed by atoms with Crippen molar-refractivity contribution in [3.63, 3.8) is 0 Å². The summed E-state index contributed by atoms with van der Waals surface area (Å²) in [6.45, 7) is 4.97. The average Bonchev–Trinajstić information content (AvgIpc) is 3.08. The molecule has 5 nitrogen and oxygen atoms in total. The van der Waals surface area contributed by atoms with Gasteiger partial charge < -0.3 is 9.88 Å². The summed E-state index contributed by atoms with van der Waals surface area (Å²) in [5.41, 5.74) is 2.37. The van der Waals surface area contributed by atoms with Gasteiger partial charge in [-0.3, -0.25) is 4.79 Å². The van der Waals surface area contributed by atoms with Gasteiger partial charge in [-0.1, -0.05) is 41.6 Å². The van der Waals surface area contributed by atoms with Crippen LogP contribution in [0.5, 0.6) is 0 Å². The maximum atomic E-state index is 12.8. The molecule has 154 valence electrons. The molecule has 29 heavy (non-hydrogen) atoms. The third-order valence-corrected chi connectivity index (χ3v) is 8.08. The van der Waals surface area contributed by atoms with Crippen LogP contribution in [0.4, 0.5) is 0 Å². The van der Waals surface area contributed by atoms with E-state index in [0.717, 1.165) is 40.8 Å². The molecule has 1 heterocycles. The predicted octanol–water partition coefficient (Wildman–Crippen LogP) is 4.45. The number of benzene rings is 1. The van der Waals surface area contributed by atoms with E-state index in [1.165, 1.54) is 55.9 Å². The minimum atomic E-state index is 0.0812. The van der Waals surface area contributed by atoms with Gasteiger partial charge in [0.2, 0.25) is 5.91 Å². The molecule has 6 rings (SSSR count). The van der Waals surface area contributed by atoms with Gasteiger partial charge >= 0.3 is 0 Å². The van der Waals surface area contributed by atoms with E-state index >= 15 is 0 Å². The molecule has 1 aromatic carbocycles. The molecule has 1 N–H and O–H groups in total. The zero-order chi connectivity index (χ0) is 20.0. The highest BCUT2D eigenvalue weighted by Crippen LogP contribution is 2.55. The molecule has 0 saturated heterocycles. The van der Waals surface area contributed by atoms with E-state index in [1.54, 1.807) is 0 Å². The Bertz CT molecular complexity index is 869. The van der Waals surface area contributed by atoms with Crippen molar-refractivity contribution >= 4 is 17.7 Å². The summed E-state index contributed by atoms with van der Waals surface area (Å²) < 4.78 is 2.10. The highest BCUT2D eigenvalue weighted by atomic mass is 32.2. The van der Waals surface area contributed by atoms with Crippen LogP contribution in [0.1, 0.15) is 51.0 Å². The van der Waals surface area contributed by atoms with Crippen LogP contribution >= 0.6 is 11.8 Å². The van der Waals surface area contributed by atoms with Gasteiger partial charge in [-0.2, -0.15) is 0 Å². The number of nitrogens with one attached hydrogen (secondary N) is 1. The van der Waals surface area contributed by atoms with E-state index < -0.39 is 0 Å². The summed E-state index contributed by atoms with van der Waals surface area (Å²) in [7, 11) is 0. The molecule has 0 unspecified atom stereocenters. The van der Waals surface area contributed by atoms with E-state index in [1.807, 2.05) is 0 Å². The maximum Gasteiger partial charge on any atom is 0.230 e. The van der Waals surface area contributed by atoms with Crippen molar-refractivity contribution in [1.82, 2.24) is 20.1 Å². The molecule has 4 fully saturated rings. The minimum Gasteiger partial charge on any atom is -0.350 e. The lowest BCUT2D eigenvalue weighted by Crippen LogP contribution is -2.60. The lowest BCUT2D eigenvalue weighted by atomic mass is 9.53. The van der Waals surface area contributed by atoms with Gasteiger partial charge in [0.25, 0.3) is 0 Å². The van der Waals surface area contributed by atoms with E-state index in [4.69, 9.17) is 0 Å². The fourth-order valence-electron chi connectivity index (χ4n) is 6.32. The fourth-order valence-corrected chi connectivity index (χ4v) is 7.12. The predicted molar refractivity (Wildman–Crippen MR) is 116 cm³/mol. The lowest BCUT2D eigenvalue weighted by molar-refractivity contribution is -0.124. The van der Waals surface area contributed by atoms with Crippen LogP contribution in [0.15, 0.2) is 29.4 Å². The molecule has 0 radical (unpaired) electrons. The average molecular weight is 411 g/mol. The normalized spacial score (nSPS) is 29.9. The number of nitrogens with zero attached hydrogens (tertiary/aromatic N) is 3. The Kier molecular flexibility index (Phi) is 4.93. The molecular weight excluding hydrogens is 380 g/mol. The Morgan fingerprint density at radius 2 is 1.72 bits per heavy atom. The van der Waals surface area contributed by atoms with Gasteiger partial charge in [0.15, 0.2) is 11.0 Å². The van der Waals surface area contributed by atoms with Crippen LogP contribution < -0.4 is 5.32 Å². The molecule has 4 aliphatic rings. The number of hydrogen-bond acceptors (Lipinski definition) is 4. The molecule has 4 aliphatic carbocycles. The molecule has 6 heteroatoms. The van der Waals surface area contributed by atoms with Crippen molar-refractivity contribution in [3.8, 4) is 11.4 Å². The molecule has 1 amide bonds. The first-order chi connectivity index (χ1) is 14.0. The molecular formula is C23H30N4OS. The molecule has 2 aromatic rings. The SMILES string of the molecule is CCn1c(SCC(=O)NC23CC4CC(CC(C4)C2)C3)nnc1-c1ccc(C)cc1. The first-order valence-electron chi connectivity index (χ1n) is 11.0. The summed E-state index contributed by atoms with van der Waals surface area (Å²) in [5, 5.41) is 13.1. The van der Waals surface area contributed by atoms with E-state index in [9.17, 15) is 4.79 Å². The van der Waals surface area contributed by atoms with Crippen LogP contribution in [-0.4, -0.2) is 32.0 Å². The third-order valence-electron chi connectivity index (χ3n) is 7.12. The fraction of sp³-hybridized carbons (Fsp3) is 0.609. The van der Waals surface area contributed by atoms with Gasteiger partial charge in [-0.05, 0) is 70.1 Å². The largest absolute Gasteiger partial charge is 0.350 e. The number of aryl methyl sites for hydroxylation is 1. The molecule has 0 aliphatic heterocycles. The number of carbonyl (C=O) groups excluding carboxylic acids is 1. The van der Waals surface area contributed by atoms with Gasteiger partial charge in [0, 0.05) is 17.6 Å². The summed E-state index contributed by atoms with van der Waals surface area (Å²) in [6.07, 6.45) is 7.76. The minimum absolute atomic E-state index is 0.0812. The molecule has 0 atom stereocenters. The van der Waals surface area contributed by atoms with Crippen molar-refractivity contribution < 1.29 is 4.79 Å². The highest BCUT2D eigenvalue weighted by molar-refractivity contribution is 7.99. The zero-order valence-corrected chi connectivity index (χ0v) is 18.2. The number of amides is 1. The smallest absolute Gasteiger partial charge is 0.230 e. The van der Waals surface area contributed by atoms with E-state index in [0.29, 0.717) is 5.75 Å². The standard InChI is InChI=1S/C23H30N4OS/c1-3-27-21(19-6-4-15(2)5-7-19)25-26-22(27)29-14-20(28)24-23-11-16-8-17(12-23)10-18(9-16)13-23/h4-7,16-18H,3,8-14H2,1-2H3,(H,24,28). The Hall–Kier alpha value is -1.82. The lowest BCUT2D eigenvalue weighted by Gasteiger charge is -2.56. The quantitative estimate of drug-likeness (QED) is 0.715. The zero-order valence-electron chi connectivity index (χ0n) is 17.4. The Morgan fingerprint density at radius 3 is 2.31 bits per heavy atom. The van der Waals surface area contributed by atoms with Crippen LogP contribution in [0, 0.1) is 24.7 Å². The van der Waals surface area contributed by atoms with Crippen molar-refractivity contribution in [2.45, 2.75) is 69.6 Å². The van der Waals surface area contributed by atoms with Crippen molar-refractivity contribution in [2.75, 3.05) is 5.75 Å². The summed E-state index contributed by atoms with van der Waals surface area (Å²) in [4.78, 5) is 12.8. The monoisotopic (exact) mass is 410 g/mol. The number of thioether (sulfide) groups is 1. The molecule has 1 aromatic heterocycles. The van der Waals surface area contributed by atoms with Crippen LogP contribution in [-0.2, 0) is 11.3 Å². The second-order valence-electron chi connectivity index (χ2n) is 9.45. The number of rotatable bonds is 6. The Morgan fingerprint density at radius 1 is 1.10 bits per heavy atom. The van der Waals surface area contributed by atoms with Gasteiger partial charge in [-0.15, -0.1) is 10.2 Å². The van der Waals surface area contributed by atoms with Crippen LogP contribution in [0.3, 0.4) is 0 Å². The first kappa shape index (κ1) is 19.2. The summed E-state index contributed by atoms with van der Waals surface area (Å²) >= 11 is 1.50. The van der Waals surface area contributed by atoms with Gasteiger partial charge in [-0.25, -0.2) is 0 Å². The highest BCUT2D eigenvalue weighted by Gasteiger charge is 2.51. The van der Waals surface area contributed by atoms with E-state index in [-0.39, 0.29) is 11.4 Å². The number of carbonyl (C=O) groups is 1. The Balaban J connectivity index is 1.25. The maximum absolute atomic E-state index is 12.8. The van der Waals surface area contributed by atoms with E-state index in [2.05, 4.69) is 58.2 Å². The topological polar surface area (TPSA) is 59.8 Å². The van der Waals surface area contributed by atoms with Crippen molar-refractivity contribution in [3.05, 3.63) is 29.8 Å². The van der Waals surface area contributed by atoms with Crippen LogP contribution in [0.25, 0.3) is 11.4 Å². The molecule has 4 bridgehead atoms. The van der Waals surface area contributed by atoms with Gasteiger partial charge in [0.1, 0.15) is 0 Å². The van der Waals surface area contributed by atoms with Crippen molar-refractivity contribution in [2.24, 2.45) is 17.8 Å². The molecule has 0 spiro atoms. The van der Waals surface area contributed by atoms with Crippen molar-refractivity contribution in [1.29, 1.82) is 0 Å². The van der Waals surface area contributed by atoms with Crippen LogP contribution in [0.2, 0.25) is 0 Å². The number of hydrogen-bond donors (Lipinski definition) is 1. The second-order valence-corrected chi connectivity index (χ2v) is 10.4. The summed E-state index contributed by atoms with van der Waals surface area (Å²) in [5.74, 6) is 3.96. The third kappa shape index (κ3) is 3.72.